The maximum atomic E-state index is 5.11. The van der Waals surface area contributed by atoms with Gasteiger partial charge in [0.05, 0.1) is 6.61 Å². The van der Waals surface area contributed by atoms with Gasteiger partial charge in [-0.25, -0.2) is 0 Å². The van der Waals surface area contributed by atoms with Gasteiger partial charge in [-0.05, 0) is 36.5 Å². The van der Waals surface area contributed by atoms with Crippen LogP contribution in [0.2, 0.25) is 0 Å². The van der Waals surface area contributed by atoms with Crippen molar-refractivity contribution < 1.29 is 4.74 Å². The molecule has 2 nitrogen and oxygen atoms in total. The summed E-state index contributed by atoms with van der Waals surface area (Å²) >= 11 is 3.59. The third-order valence-electron chi connectivity index (χ3n) is 4.32. The summed E-state index contributed by atoms with van der Waals surface area (Å²) in [6.45, 7) is 5.08. The molecule has 1 aromatic carbocycles. The minimum Gasteiger partial charge on any atom is -0.383 e. The van der Waals surface area contributed by atoms with Gasteiger partial charge in [0.1, 0.15) is 0 Å². The highest BCUT2D eigenvalue weighted by molar-refractivity contribution is 9.10. The van der Waals surface area contributed by atoms with E-state index in [0.717, 1.165) is 25.6 Å². The lowest BCUT2D eigenvalue weighted by Gasteiger charge is -2.48. The fraction of sp³-hybridized carbons (Fsp3) is 0.625. The smallest absolute Gasteiger partial charge is 0.0587 e. The molecule has 0 amide bonds. The van der Waals surface area contributed by atoms with Crippen LogP contribution in [-0.4, -0.2) is 26.8 Å². The van der Waals surface area contributed by atoms with Crippen molar-refractivity contribution in [2.45, 2.75) is 31.6 Å². The molecule has 1 fully saturated rings. The molecule has 0 radical (unpaired) electrons. The Morgan fingerprint density at radius 3 is 2.84 bits per heavy atom. The van der Waals surface area contributed by atoms with E-state index in [9.17, 15) is 0 Å². The van der Waals surface area contributed by atoms with Gasteiger partial charge in [-0.15, -0.1) is 0 Å². The SMILES string of the molecule is CCC1CC(CNCCOC)(c2cccc(Br)c2)C1. The largest absolute Gasteiger partial charge is 0.383 e. The van der Waals surface area contributed by atoms with Gasteiger partial charge in [-0.2, -0.15) is 0 Å². The van der Waals surface area contributed by atoms with Crippen LogP contribution in [-0.2, 0) is 10.2 Å². The van der Waals surface area contributed by atoms with Crippen LogP contribution in [0.5, 0.6) is 0 Å². The van der Waals surface area contributed by atoms with Crippen molar-refractivity contribution in [3.05, 3.63) is 34.3 Å². The highest BCUT2D eigenvalue weighted by Gasteiger charge is 2.44. The van der Waals surface area contributed by atoms with Crippen LogP contribution in [0, 0.1) is 5.92 Å². The van der Waals surface area contributed by atoms with Crippen LogP contribution < -0.4 is 5.32 Å². The summed E-state index contributed by atoms with van der Waals surface area (Å²) in [7, 11) is 1.75. The first-order valence-electron chi connectivity index (χ1n) is 7.16. The molecule has 1 saturated carbocycles. The van der Waals surface area contributed by atoms with Crippen LogP contribution in [0.25, 0.3) is 0 Å². The molecule has 0 aromatic heterocycles. The molecule has 0 atom stereocenters. The van der Waals surface area contributed by atoms with E-state index in [0.29, 0.717) is 5.41 Å². The summed E-state index contributed by atoms with van der Waals surface area (Å²) in [5, 5.41) is 3.55. The molecule has 1 N–H and O–H groups in total. The van der Waals surface area contributed by atoms with Crippen molar-refractivity contribution in [2.24, 2.45) is 5.92 Å². The molecule has 3 heteroatoms. The molecule has 0 aliphatic heterocycles. The highest BCUT2D eigenvalue weighted by atomic mass is 79.9. The number of hydrogen-bond donors (Lipinski definition) is 1. The Bertz CT molecular complexity index is 401. The third-order valence-corrected chi connectivity index (χ3v) is 4.81. The molecule has 19 heavy (non-hydrogen) atoms. The van der Waals surface area contributed by atoms with Gasteiger partial charge in [0, 0.05) is 30.1 Å². The van der Waals surface area contributed by atoms with E-state index in [-0.39, 0.29) is 0 Å². The third kappa shape index (κ3) is 3.59. The Morgan fingerprint density at radius 1 is 1.42 bits per heavy atom. The van der Waals surface area contributed by atoms with E-state index in [1.54, 1.807) is 7.11 Å². The first-order chi connectivity index (χ1) is 9.20. The van der Waals surface area contributed by atoms with Gasteiger partial charge in [0.15, 0.2) is 0 Å². The number of hydrogen-bond acceptors (Lipinski definition) is 2. The van der Waals surface area contributed by atoms with Crippen LogP contribution >= 0.6 is 15.9 Å². The van der Waals surface area contributed by atoms with Crippen molar-refractivity contribution in [2.75, 3.05) is 26.8 Å². The summed E-state index contributed by atoms with van der Waals surface area (Å²) < 4.78 is 6.29. The summed E-state index contributed by atoms with van der Waals surface area (Å²) in [5.41, 5.74) is 1.80. The monoisotopic (exact) mass is 325 g/mol. The first-order valence-corrected chi connectivity index (χ1v) is 7.95. The van der Waals surface area contributed by atoms with E-state index >= 15 is 0 Å². The molecule has 0 spiro atoms. The Labute approximate surface area is 125 Å². The summed E-state index contributed by atoms with van der Waals surface area (Å²) in [6, 6.07) is 8.81. The zero-order valence-electron chi connectivity index (χ0n) is 11.9. The average Bonchev–Trinajstić information content (AvgIpc) is 2.37. The second-order valence-corrected chi connectivity index (χ2v) is 6.56. The lowest BCUT2D eigenvalue weighted by Crippen LogP contribution is -2.49. The molecule has 0 unspecified atom stereocenters. The predicted octanol–water partition coefficient (Wildman–Crippen LogP) is 3.74. The minimum atomic E-state index is 0.332. The molecule has 2 rings (SSSR count). The maximum Gasteiger partial charge on any atom is 0.0587 e. The van der Waals surface area contributed by atoms with E-state index in [4.69, 9.17) is 4.74 Å². The first kappa shape index (κ1) is 15.0. The number of benzene rings is 1. The van der Waals surface area contributed by atoms with Gasteiger partial charge in [0.25, 0.3) is 0 Å². The Kier molecular flexibility index (Phi) is 5.43. The normalized spacial score (nSPS) is 26.2. The fourth-order valence-corrected chi connectivity index (χ4v) is 3.54. The molecule has 0 heterocycles. The predicted molar refractivity (Wildman–Crippen MR) is 83.6 cm³/mol. The van der Waals surface area contributed by atoms with Crippen LogP contribution in [0.1, 0.15) is 31.7 Å². The topological polar surface area (TPSA) is 21.3 Å². The van der Waals surface area contributed by atoms with Gasteiger partial charge in [-0.1, -0.05) is 41.4 Å². The Hall–Kier alpha value is -0.380. The number of nitrogens with one attached hydrogen (secondary N) is 1. The molecular weight excluding hydrogens is 302 g/mol. The number of methoxy groups -OCH3 is 1. The molecule has 106 valence electrons. The number of rotatable bonds is 7. The zero-order chi connectivity index (χ0) is 13.7. The number of ether oxygens (including phenoxy) is 1. The second-order valence-electron chi connectivity index (χ2n) is 5.64. The minimum absolute atomic E-state index is 0.332. The lowest BCUT2D eigenvalue weighted by molar-refractivity contribution is 0.128. The molecular formula is C16H24BrNO. The maximum absolute atomic E-state index is 5.11. The Morgan fingerprint density at radius 2 is 2.21 bits per heavy atom. The van der Waals surface area contributed by atoms with Crippen LogP contribution in [0.4, 0.5) is 0 Å². The highest BCUT2D eigenvalue weighted by Crippen LogP contribution is 2.49. The second kappa shape index (κ2) is 6.87. The summed E-state index contributed by atoms with van der Waals surface area (Å²) in [5.74, 6) is 0.892. The Balaban J connectivity index is 2.03. The van der Waals surface area contributed by atoms with Crippen LogP contribution in [0.15, 0.2) is 28.7 Å². The van der Waals surface area contributed by atoms with Gasteiger partial charge < -0.3 is 10.1 Å². The van der Waals surface area contributed by atoms with Crippen molar-refractivity contribution in [1.82, 2.24) is 5.32 Å². The van der Waals surface area contributed by atoms with Gasteiger partial charge in [0.2, 0.25) is 0 Å². The van der Waals surface area contributed by atoms with E-state index < -0.39 is 0 Å². The molecule has 1 aliphatic rings. The summed E-state index contributed by atoms with van der Waals surface area (Å²) in [6.07, 6.45) is 3.91. The van der Waals surface area contributed by atoms with Crippen molar-refractivity contribution >= 4 is 15.9 Å². The standard InChI is InChI=1S/C16H24BrNO/c1-3-13-10-16(11-13,12-18-7-8-19-2)14-5-4-6-15(17)9-14/h4-6,9,13,18H,3,7-8,10-12H2,1-2H3. The van der Waals surface area contributed by atoms with Crippen molar-refractivity contribution in [1.29, 1.82) is 0 Å². The van der Waals surface area contributed by atoms with Crippen molar-refractivity contribution in [3.8, 4) is 0 Å². The van der Waals surface area contributed by atoms with E-state index in [2.05, 4.69) is 52.4 Å². The lowest BCUT2D eigenvalue weighted by atomic mass is 9.58. The average molecular weight is 326 g/mol. The fourth-order valence-electron chi connectivity index (χ4n) is 3.14. The van der Waals surface area contributed by atoms with Gasteiger partial charge in [-0.3, -0.25) is 0 Å². The van der Waals surface area contributed by atoms with Crippen LogP contribution in [0.3, 0.4) is 0 Å². The molecule has 0 saturated heterocycles. The molecule has 1 aromatic rings. The quantitative estimate of drug-likeness (QED) is 0.771. The van der Waals surface area contributed by atoms with Gasteiger partial charge >= 0.3 is 0 Å². The number of halogens is 1. The zero-order valence-corrected chi connectivity index (χ0v) is 13.5. The summed E-state index contributed by atoms with van der Waals surface area (Å²) in [4.78, 5) is 0. The molecule has 0 bridgehead atoms. The van der Waals surface area contributed by atoms with E-state index in [1.807, 2.05) is 0 Å². The molecule has 1 aliphatic carbocycles. The van der Waals surface area contributed by atoms with E-state index in [1.165, 1.54) is 29.3 Å². The van der Waals surface area contributed by atoms with Crippen molar-refractivity contribution in [3.63, 3.8) is 0 Å².